The summed E-state index contributed by atoms with van der Waals surface area (Å²) in [6, 6.07) is 2.55. The van der Waals surface area contributed by atoms with Crippen LogP contribution in [-0.4, -0.2) is 22.4 Å². The number of rotatable bonds is 0. The lowest BCUT2D eigenvalue weighted by Crippen LogP contribution is -2.60. The summed E-state index contributed by atoms with van der Waals surface area (Å²) < 4.78 is 0. The van der Waals surface area contributed by atoms with Crippen LogP contribution in [0.2, 0.25) is 0 Å². The number of hydrogen-bond donors (Lipinski definition) is 2. The fourth-order valence-corrected chi connectivity index (χ4v) is 7.93. The molecule has 0 amide bonds. The van der Waals surface area contributed by atoms with Crippen molar-refractivity contribution in [2.75, 3.05) is 0 Å². The fraction of sp³-hybridized carbons (Fsp3) is 0.952. The third kappa shape index (κ3) is 2.08. The highest BCUT2D eigenvalue weighted by Gasteiger charge is 2.63. The molecule has 0 aromatic carbocycles. The van der Waals surface area contributed by atoms with Crippen LogP contribution in [0.15, 0.2) is 0 Å². The van der Waals surface area contributed by atoms with Gasteiger partial charge in [0.15, 0.2) is 0 Å². The van der Waals surface area contributed by atoms with Crippen molar-refractivity contribution in [3.63, 3.8) is 0 Å². The van der Waals surface area contributed by atoms with Crippen molar-refractivity contribution < 1.29 is 10.2 Å². The Hall–Kier alpha value is -0.590. The van der Waals surface area contributed by atoms with Crippen LogP contribution in [0, 0.1) is 57.7 Å². The Balaban J connectivity index is 1.69. The standard InChI is InChI=1S/C21H33NO2/c1-12-9-21(3)13(8-17(12)23)4-6-15-16-7-5-14(11-22)20(16,2)10-18(24)19(15)21/h12-19,23-24H,4-10H2,1-3H3/t12-,13-,14+,15-,16-,17-,18-,19+,20+,21-/m0/s1. The van der Waals surface area contributed by atoms with Crippen LogP contribution >= 0.6 is 0 Å². The van der Waals surface area contributed by atoms with E-state index in [2.05, 4.69) is 26.8 Å². The van der Waals surface area contributed by atoms with Gasteiger partial charge in [0.1, 0.15) is 0 Å². The quantitative estimate of drug-likeness (QED) is 0.710. The highest BCUT2D eigenvalue weighted by atomic mass is 16.3. The average molecular weight is 332 g/mol. The first-order valence-corrected chi connectivity index (χ1v) is 10.1. The molecule has 0 radical (unpaired) electrons. The zero-order valence-corrected chi connectivity index (χ0v) is 15.4. The van der Waals surface area contributed by atoms with Gasteiger partial charge in [-0.3, -0.25) is 0 Å². The van der Waals surface area contributed by atoms with Crippen LogP contribution in [0.3, 0.4) is 0 Å². The molecule has 4 saturated carbocycles. The molecule has 0 aromatic heterocycles. The van der Waals surface area contributed by atoms with Crippen molar-refractivity contribution in [3.05, 3.63) is 0 Å². The molecule has 4 aliphatic carbocycles. The van der Waals surface area contributed by atoms with Crippen molar-refractivity contribution >= 4 is 0 Å². The van der Waals surface area contributed by atoms with Gasteiger partial charge in [0.25, 0.3) is 0 Å². The summed E-state index contributed by atoms with van der Waals surface area (Å²) in [6.45, 7) is 6.86. The van der Waals surface area contributed by atoms with Crippen LogP contribution in [0.1, 0.15) is 65.7 Å². The summed E-state index contributed by atoms with van der Waals surface area (Å²) in [7, 11) is 0. The molecule has 0 spiro atoms. The van der Waals surface area contributed by atoms with E-state index >= 15 is 0 Å². The zero-order chi connectivity index (χ0) is 17.3. The number of aliphatic hydroxyl groups is 2. The van der Waals surface area contributed by atoms with Gasteiger partial charge in [-0.05, 0) is 85.4 Å². The Morgan fingerprint density at radius 2 is 1.71 bits per heavy atom. The predicted octanol–water partition coefficient (Wildman–Crippen LogP) is 3.75. The molecule has 3 heteroatoms. The molecule has 134 valence electrons. The normalized spacial score (nSPS) is 59.8. The molecule has 24 heavy (non-hydrogen) atoms. The van der Waals surface area contributed by atoms with Crippen LogP contribution in [0.25, 0.3) is 0 Å². The van der Waals surface area contributed by atoms with E-state index in [1.807, 2.05) is 0 Å². The average Bonchev–Trinajstić information content (AvgIpc) is 2.84. The first kappa shape index (κ1) is 16.9. The minimum Gasteiger partial charge on any atom is -0.393 e. The topological polar surface area (TPSA) is 64.2 Å². The van der Waals surface area contributed by atoms with Gasteiger partial charge in [-0.15, -0.1) is 0 Å². The maximum absolute atomic E-state index is 11.2. The Bertz CT molecular complexity index is 557. The number of nitriles is 1. The lowest BCUT2D eigenvalue weighted by molar-refractivity contribution is -0.183. The number of fused-ring (bicyclic) bond motifs is 5. The van der Waals surface area contributed by atoms with E-state index in [1.165, 1.54) is 19.3 Å². The minimum atomic E-state index is -0.277. The van der Waals surface area contributed by atoms with Crippen molar-refractivity contribution in [2.45, 2.75) is 77.9 Å². The van der Waals surface area contributed by atoms with Gasteiger partial charge >= 0.3 is 0 Å². The molecule has 0 heterocycles. The number of nitrogens with zero attached hydrogens (tertiary/aromatic N) is 1. The molecular weight excluding hydrogens is 298 g/mol. The van der Waals surface area contributed by atoms with Gasteiger partial charge in [0.2, 0.25) is 0 Å². The third-order valence-corrected chi connectivity index (χ3v) is 9.09. The minimum absolute atomic E-state index is 0.0122. The summed E-state index contributed by atoms with van der Waals surface area (Å²) >= 11 is 0. The zero-order valence-electron chi connectivity index (χ0n) is 15.4. The van der Waals surface area contributed by atoms with Crippen molar-refractivity contribution in [1.29, 1.82) is 5.26 Å². The van der Waals surface area contributed by atoms with E-state index in [0.717, 1.165) is 25.7 Å². The Labute approximate surface area is 146 Å². The molecule has 0 saturated heterocycles. The molecule has 0 unspecified atom stereocenters. The van der Waals surface area contributed by atoms with E-state index < -0.39 is 0 Å². The lowest BCUT2D eigenvalue weighted by atomic mass is 9.43. The van der Waals surface area contributed by atoms with Gasteiger partial charge in [-0.2, -0.15) is 5.26 Å². The summed E-state index contributed by atoms with van der Waals surface area (Å²) in [5.74, 6) is 2.55. The summed E-state index contributed by atoms with van der Waals surface area (Å²) in [6.07, 6.45) is 6.87. The second-order valence-corrected chi connectivity index (χ2v) is 10.1. The van der Waals surface area contributed by atoms with E-state index in [1.54, 1.807) is 0 Å². The van der Waals surface area contributed by atoms with Gasteiger partial charge in [0, 0.05) is 0 Å². The molecule has 4 fully saturated rings. The summed E-state index contributed by atoms with van der Waals surface area (Å²) in [5, 5.41) is 31.2. The molecule has 2 N–H and O–H groups in total. The van der Waals surface area contributed by atoms with Gasteiger partial charge in [-0.1, -0.05) is 20.8 Å². The monoisotopic (exact) mass is 331 g/mol. The Morgan fingerprint density at radius 1 is 0.958 bits per heavy atom. The maximum Gasteiger partial charge on any atom is 0.0661 e. The first-order chi connectivity index (χ1) is 11.3. The van der Waals surface area contributed by atoms with E-state index in [9.17, 15) is 15.5 Å². The van der Waals surface area contributed by atoms with Crippen LogP contribution in [-0.2, 0) is 0 Å². The van der Waals surface area contributed by atoms with E-state index in [0.29, 0.717) is 29.6 Å². The number of hydrogen-bond acceptors (Lipinski definition) is 3. The summed E-state index contributed by atoms with van der Waals surface area (Å²) in [5.41, 5.74) is 0.172. The highest BCUT2D eigenvalue weighted by molar-refractivity contribution is 5.15. The molecule has 0 aliphatic heterocycles. The second kappa shape index (κ2) is 5.45. The van der Waals surface area contributed by atoms with Crippen LogP contribution in [0.5, 0.6) is 0 Å². The largest absolute Gasteiger partial charge is 0.393 e. The smallest absolute Gasteiger partial charge is 0.0661 e. The first-order valence-electron chi connectivity index (χ1n) is 10.1. The van der Waals surface area contributed by atoms with Gasteiger partial charge < -0.3 is 10.2 Å². The SMILES string of the molecule is C[C@H]1C[C@@]2(C)[C@@H](CC[C@@H]3[C@@H]2[C@@H](O)C[C@]2(C)[C@@H](C#N)CC[C@@H]32)C[C@@H]1O. The number of aliphatic hydroxyl groups excluding tert-OH is 2. The van der Waals surface area contributed by atoms with Crippen LogP contribution in [0.4, 0.5) is 0 Å². The van der Waals surface area contributed by atoms with Gasteiger partial charge in [0.05, 0.1) is 24.2 Å². The van der Waals surface area contributed by atoms with Gasteiger partial charge in [-0.25, -0.2) is 0 Å². The lowest BCUT2D eigenvalue weighted by Gasteiger charge is -2.62. The molecule has 4 aliphatic rings. The molecule has 3 nitrogen and oxygen atoms in total. The Kier molecular flexibility index (Phi) is 3.83. The van der Waals surface area contributed by atoms with Crippen molar-refractivity contribution in [3.8, 4) is 6.07 Å². The van der Waals surface area contributed by atoms with Crippen molar-refractivity contribution in [2.24, 2.45) is 46.3 Å². The van der Waals surface area contributed by atoms with Crippen molar-refractivity contribution in [1.82, 2.24) is 0 Å². The third-order valence-electron chi connectivity index (χ3n) is 9.09. The summed E-state index contributed by atoms with van der Waals surface area (Å²) in [4.78, 5) is 0. The van der Waals surface area contributed by atoms with Crippen LogP contribution < -0.4 is 0 Å². The maximum atomic E-state index is 11.2. The molecular formula is C21H33NO2. The van der Waals surface area contributed by atoms with E-state index in [-0.39, 0.29) is 29.0 Å². The molecule has 4 rings (SSSR count). The molecule has 0 bridgehead atoms. The second-order valence-electron chi connectivity index (χ2n) is 10.1. The fourth-order valence-electron chi connectivity index (χ4n) is 7.93. The predicted molar refractivity (Wildman–Crippen MR) is 92.8 cm³/mol. The highest BCUT2D eigenvalue weighted by Crippen LogP contribution is 2.67. The molecule has 0 aromatic rings. The molecule has 10 atom stereocenters. The Morgan fingerprint density at radius 3 is 2.42 bits per heavy atom. The van der Waals surface area contributed by atoms with E-state index in [4.69, 9.17) is 0 Å².